The van der Waals surface area contributed by atoms with Crippen molar-refractivity contribution in [3.63, 3.8) is 0 Å². The summed E-state index contributed by atoms with van der Waals surface area (Å²) < 4.78 is 0. The quantitative estimate of drug-likeness (QED) is 0.337. The van der Waals surface area contributed by atoms with Gasteiger partial charge in [-0.25, -0.2) is 5.90 Å². The zero-order valence-electron chi connectivity index (χ0n) is 5.21. The van der Waals surface area contributed by atoms with Gasteiger partial charge in [0, 0.05) is 18.1 Å². The Kier molecular flexibility index (Phi) is 9.13. The van der Waals surface area contributed by atoms with Crippen LogP contribution in [0.25, 0.3) is 0 Å². The minimum Gasteiger partial charge on any atom is -0.330 e. The number of hydrogen-bond donors (Lipinski definition) is 2. The molecular formula is C4H12N2OS2. The summed E-state index contributed by atoms with van der Waals surface area (Å²) in [7, 11) is 3.48. The van der Waals surface area contributed by atoms with Gasteiger partial charge in [-0.3, -0.25) is 0 Å². The summed E-state index contributed by atoms with van der Waals surface area (Å²) in [5.41, 5.74) is 5.25. The Balaban J connectivity index is 2.60. The molecular weight excluding hydrogens is 156 g/mol. The van der Waals surface area contributed by atoms with Crippen molar-refractivity contribution >= 4 is 21.6 Å². The summed E-state index contributed by atoms with van der Waals surface area (Å²) in [6.07, 6.45) is 0. The highest BCUT2D eigenvalue weighted by molar-refractivity contribution is 8.76. The highest BCUT2D eigenvalue weighted by Crippen LogP contribution is 2.18. The van der Waals surface area contributed by atoms with Crippen LogP contribution < -0.4 is 11.6 Å². The highest BCUT2D eigenvalue weighted by atomic mass is 33.1. The predicted octanol–water partition coefficient (Wildman–Crippen LogP) is 0.217. The molecule has 0 radical (unpaired) electrons. The van der Waals surface area contributed by atoms with Gasteiger partial charge in [-0.15, -0.1) is 0 Å². The number of nitrogens with two attached hydrogens (primary N) is 2. The van der Waals surface area contributed by atoms with Crippen molar-refractivity contribution in [1.82, 2.24) is 0 Å². The van der Waals surface area contributed by atoms with E-state index in [1.165, 1.54) is 0 Å². The molecule has 0 heterocycles. The molecule has 0 saturated carbocycles. The van der Waals surface area contributed by atoms with Crippen molar-refractivity contribution in [3.05, 3.63) is 0 Å². The van der Waals surface area contributed by atoms with E-state index in [1.54, 1.807) is 21.6 Å². The molecule has 9 heavy (non-hydrogen) atoms. The maximum absolute atomic E-state index is 5.25. The monoisotopic (exact) mass is 168 g/mol. The Bertz CT molecular complexity index is 49.8. The predicted molar refractivity (Wildman–Crippen MR) is 44.1 cm³/mol. The standard InChI is InChI=1S/C4H12N2OS2/c5-1-3-8-9-4-2-7-6/h1-6H2. The Morgan fingerprint density at radius 3 is 2.44 bits per heavy atom. The molecule has 0 spiro atoms. The van der Waals surface area contributed by atoms with E-state index in [-0.39, 0.29) is 0 Å². The summed E-state index contributed by atoms with van der Waals surface area (Å²) in [6.45, 7) is 1.35. The first-order valence-electron chi connectivity index (χ1n) is 2.68. The van der Waals surface area contributed by atoms with E-state index >= 15 is 0 Å². The fourth-order valence-electron chi connectivity index (χ4n) is 0.248. The van der Waals surface area contributed by atoms with Crippen molar-refractivity contribution in [2.45, 2.75) is 0 Å². The topological polar surface area (TPSA) is 61.3 Å². The zero-order chi connectivity index (χ0) is 6.95. The van der Waals surface area contributed by atoms with Crippen LogP contribution in [-0.2, 0) is 4.84 Å². The van der Waals surface area contributed by atoms with Crippen LogP contribution in [0.5, 0.6) is 0 Å². The second kappa shape index (κ2) is 8.58. The van der Waals surface area contributed by atoms with Gasteiger partial charge in [0.1, 0.15) is 0 Å². The average Bonchev–Trinajstić information content (AvgIpc) is 1.89. The van der Waals surface area contributed by atoms with Crippen molar-refractivity contribution in [3.8, 4) is 0 Å². The van der Waals surface area contributed by atoms with Crippen molar-refractivity contribution < 1.29 is 4.84 Å². The molecule has 0 aromatic rings. The summed E-state index contributed by atoms with van der Waals surface area (Å²) in [4.78, 5) is 4.36. The maximum atomic E-state index is 5.25. The molecule has 5 heteroatoms. The van der Waals surface area contributed by atoms with Gasteiger partial charge in [-0.1, -0.05) is 21.6 Å². The third-order valence-electron chi connectivity index (χ3n) is 0.569. The summed E-state index contributed by atoms with van der Waals surface area (Å²) in [5.74, 6) is 6.72. The minimum absolute atomic E-state index is 0.613. The van der Waals surface area contributed by atoms with Crippen LogP contribution in [0.4, 0.5) is 0 Å². The molecule has 3 nitrogen and oxygen atoms in total. The Labute approximate surface area is 63.2 Å². The first-order valence-corrected chi connectivity index (χ1v) is 5.16. The van der Waals surface area contributed by atoms with Gasteiger partial charge in [-0.05, 0) is 0 Å². The van der Waals surface area contributed by atoms with Gasteiger partial charge in [0.15, 0.2) is 0 Å². The largest absolute Gasteiger partial charge is 0.330 e. The number of rotatable bonds is 6. The van der Waals surface area contributed by atoms with Gasteiger partial charge < -0.3 is 10.6 Å². The number of hydrogen-bond acceptors (Lipinski definition) is 5. The summed E-state index contributed by atoms with van der Waals surface area (Å²) in [6, 6.07) is 0. The van der Waals surface area contributed by atoms with Crippen LogP contribution in [0, 0.1) is 0 Å². The van der Waals surface area contributed by atoms with E-state index in [1.807, 2.05) is 0 Å². The van der Waals surface area contributed by atoms with Crippen molar-refractivity contribution in [2.24, 2.45) is 11.6 Å². The van der Waals surface area contributed by atoms with Crippen LogP contribution in [0.1, 0.15) is 0 Å². The third-order valence-corrected chi connectivity index (χ3v) is 2.97. The molecule has 0 aliphatic rings. The van der Waals surface area contributed by atoms with E-state index in [0.29, 0.717) is 6.61 Å². The molecule has 4 N–H and O–H groups in total. The van der Waals surface area contributed by atoms with Gasteiger partial charge in [0.2, 0.25) is 0 Å². The van der Waals surface area contributed by atoms with Crippen molar-refractivity contribution in [2.75, 3.05) is 24.7 Å². The zero-order valence-corrected chi connectivity index (χ0v) is 6.84. The molecule has 0 rings (SSSR count). The smallest absolute Gasteiger partial charge is 0.0778 e. The lowest BCUT2D eigenvalue weighted by molar-refractivity contribution is 0.155. The lowest BCUT2D eigenvalue weighted by Gasteiger charge is -1.96. The SMILES string of the molecule is NCCSSCCON. The third kappa shape index (κ3) is 8.58. The summed E-state index contributed by atoms with van der Waals surface area (Å²) in [5, 5.41) is 0. The second-order valence-electron chi connectivity index (χ2n) is 1.30. The maximum Gasteiger partial charge on any atom is 0.0778 e. The van der Waals surface area contributed by atoms with E-state index < -0.39 is 0 Å². The molecule has 0 atom stereocenters. The highest BCUT2D eigenvalue weighted by Gasteiger charge is 1.86. The fourth-order valence-corrected chi connectivity index (χ4v) is 1.94. The van der Waals surface area contributed by atoms with Crippen molar-refractivity contribution in [1.29, 1.82) is 0 Å². The van der Waals surface area contributed by atoms with E-state index in [2.05, 4.69) is 4.84 Å². The molecule has 56 valence electrons. The van der Waals surface area contributed by atoms with E-state index in [0.717, 1.165) is 18.1 Å². The Morgan fingerprint density at radius 1 is 1.22 bits per heavy atom. The molecule has 0 aromatic heterocycles. The normalized spacial score (nSPS) is 10.0. The Hall–Kier alpha value is 0.580. The molecule has 0 bridgehead atoms. The van der Waals surface area contributed by atoms with E-state index in [4.69, 9.17) is 11.6 Å². The molecule has 0 fully saturated rings. The van der Waals surface area contributed by atoms with Gasteiger partial charge >= 0.3 is 0 Å². The lowest BCUT2D eigenvalue weighted by atomic mass is 10.8. The fraction of sp³-hybridized carbons (Fsp3) is 1.00. The first-order chi connectivity index (χ1) is 4.41. The summed E-state index contributed by atoms with van der Waals surface area (Å²) >= 11 is 0. The first kappa shape index (κ1) is 9.58. The van der Waals surface area contributed by atoms with Gasteiger partial charge in [-0.2, -0.15) is 0 Å². The second-order valence-corrected chi connectivity index (χ2v) is 4.01. The molecule has 0 aliphatic carbocycles. The molecule has 0 unspecified atom stereocenters. The average molecular weight is 168 g/mol. The van der Waals surface area contributed by atoms with E-state index in [9.17, 15) is 0 Å². The Morgan fingerprint density at radius 2 is 1.89 bits per heavy atom. The minimum atomic E-state index is 0.613. The van der Waals surface area contributed by atoms with Gasteiger partial charge in [0.05, 0.1) is 6.61 Å². The van der Waals surface area contributed by atoms with Crippen LogP contribution in [0.2, 0.25) is 0 Å². The molecule has 0 aliphatic heterocycles. The molecule has 0 aromatic carbocycles. The van der Waals surface area contributed by atoms with Crippen LogP contribution in [0.15, 0.2) is 0 Å². The van der Waals surface area contributed by atoms with Crippen LogP contribution in [-0.4, -0.2) is 24.7 Å². The van der Waals surface area contributed by atoms with Gasteiger partial charge in [0.25, 0.3) is 0 Å². The molecule has 0 saturated heterocycles. The van der Waals surface area contributed by atoms with Crippen LogP contribution >= 0.6 is 21.6 Å². The molecule has 0 amide bonds. The van der Waals surface area contributed by atoms with Crippen LogP contribution in [0.3, 0.4) is 0 Å². The lowest BCUT2D eigenvalue weighted by Crippen LogP contribution is -2.03.